The summed E-state index contributed by atoms with van der Waals surface area (Å²) >= 11 is 5.45. The molecule has 0 radical (unpaired) electrons. The number of nitrogens with zero attached hydrogens (tertiary/aromatic N) is 2. The van der Waals surface area contributed by atoms with Gasteiger partial charge >= 0.3 is 0 Å². The lowest BCUT2D eigenvalue weighted by Gasteiger charge is -2.50. The second-order valence-corrected chi connectivity index (χ2v) is 6.89. The molecular formula is C18H18N2O2S. The third kappa shape index (κ3) is 2.35. The van der Waals surface area contributed by atoms with E-state index in [1.54, 1.807) is 25.1 Å². The first kappa shape index (κ1) is 15.7. The van der Waals surface area contributed by atoms with Gasteiger partial charge in [0.2, 0.25) is 0 Å². The molecule has 0 saturated heterocycles. The zero-order chi connectivity index (χ0) is 16.8. The number of nitriles is 1. The highest BCUT2D eigenvalue weighted by atomic mass is 32.1. The summed E-state index contributed by atoms with van der Waals surface area (Å²) in [6.07, 6.45) is 1.85. The Kier molecular flexibility index (Phi) is 3.55. The van der Waals surface area contributed by atoms with E-state index >= 15 is 0 Å². The van der Waals surface area contributed by atoms with E-state index in [1.165, 1.54) is 0 Å². The zero-order valence-corrected chi connectivity index (χ0v) is 14.1. The maximum Gasteiger partial charge on any atom is 0.134 e. The number of aromatic nitrogens is 1. The Hall–Kier alpha value is -2.16. The monoisotopic (exact) mass is 326 g/mol. The molecule has 2 unspecified atom stereocenters. The van der Waals surface area contributed by atoms with Crippen LogP contribution >= 0.6 is 12.2 Å². The number of hydrogen-bond donors (Lipinski definition) is 1. The number of hydrogen-bond acceptors (Lipinski definition) is 4. The molecule has 2 heterocycles. The summed E-state index contributed by atoms with van der Waals surface area (Å²) < 4.78 is 8.49. The molecule has 1 aliphatic rings. The molecule has 118 valence electrons. The van der Waals surface area contributed by atoms with Crippen LogP contribution in [0.15, 0.2) is 42.6 Å². The van der Waals surface area contributed by atoms with E-state index in [1.807, 2.05) is 42.8 Å². The molecule has 0 aliphatic carbocycles. The Labute approximate surface area is 140 Å². The molecule has 2 atom stereocenters. The van der Waals surface area contributed by atoms with Gasteiger partial charge in [0, 0.05) is 11.8 Å². The fraction of sp³-hybridized carbons (Fsp3) is 0.333. The van der Waals surface area contributed by atoms with Crippen LogP contribution in [0.25, 0.3) is 0 Å². The van der Waals surface area contributed by atoms with Crippen LogP contribution < -0.4 is 4.74 Å². The van der Waals surface area contributed by atoms with Crippen molar-refractivity contribution in [3.05, 3.63) is 58.4 Å². The van der Waals surface area contributed by atoms with Gasteiger partial charge in [-0.3, -0.25) is 0 Å². The van der Waals surface area contributed by atoms with Crippen LogP contribution in [-0.2, 0) is 0 Å². The van der Waals surface area contributed by atoms with E-state index in [-0.39, 0.29) is 0 Å². The Morgan fingerprint density at radius 3 is 2.65 bits per heavy atom. The molecule has 0 fully saturated rings. The molecule has 0 amide bonds. The van der Waals surface area contributed by atoms with E-state index < -0.39 is 17.2 Å². The maximum atomic E-state index is 11.3. The molecule has 0 spiro atoms. The fourth-order valence-electron chi connectivity index (χ4n) is 3.01. The Balaban J connectivity index is 2.33. The van der Waals surface area contributed by atoms with Gasteiger partial charge in [0.25, 0.3) is 0 Å². The van der Waals surface area contributed by atoms with Gasteiger partial charge in [-0.05, 0) is 51.1 Å². The van der Waals surface area contributed by atoms with Crippen molar-refractivity contribution in [1.82, 2.24) is 4.57 Å². The number of rotatable bonds is 1. The lowest BCUT2D eigenvalue weighted by atomic mass is 9.75. The maximum absolute atomic E-state index is 11.3. The van der Waals surface area contributed by atoms with Gasteiger partial charge in [-0.15, -0.1) is 0 Å². The van der Waals surface area contributed by atoms with Crippen molar-refractivity contribution >= 4 is 12.2 Å². The van der Waals surface area contributed by atoms with E-state index in [0.717, 1.165) is 5.56 Å². The summed E-state index contributed by atoms with van der Waals surface area (Å²) in [4.78, 5) is 0. The summed E-state index contributed by atoms with van der Waals surface area (Å²) in [5.41, 5.74) is -0.747. The fourth-order valence-corrected chi connectivity index (χ4v) is 3.25. The molecule has 0 saturated carbocycles. The predicted octanol–water partition coefficient (Wildman–Crippen LogP) is 3.60. The highest BCUT2D eigenvalue weighted by Gasteiger charge is 2.53. The first-order valence-electron chi connectivity index (χ1n) is 7.40. The molecule has 1 aromatic carbocycles. The molecule has 0 bridgehead atoms. The standard InChI is InChI=1S/C18H18N2O2S/c1-17(2)18(3,21)16(20-9-5-4-6-15(20)23)13-10-12(11-19)7-8-14(13)22-17/h4-10,16,21H,1-3H3. The van der Waals surface area contributed by atoms with Crippen molar-refractivity contribution in [2.24, 2.45) is 0 Å². The van der Waals surface area contributed by atoms with Crippen LogP contribution in [0.2, 0.25) is 0 Å². The smallest absolute Gasteiger partial charge is 0.134 e. The number of ether oxygens (including phenoxy) is 1. The molecule has 5 heteroatoms. The Morgan fingerprint density at radius 1 is 1.26 bits per heavy atom. The lowest BCUT2D eigenvalue weighted by Crippen LogP contribution is -2.59. The summed E-state index contributed by atoms with van der Waals surface area (Å²) in [6.45, 7) is 5.45. The van der Waals surface area contributed by atoms with E-state index in [4.69, 9.17) is 17.0 Å². The van der Waals surface area contributed by atoms with E-state index in [9.17, 15) is 10.4 Å². The largest absolute Gasteiger partial charge is 0.484 e. The molecule has 3 rings (SSSR count). The van der Waals surface area contributed by atoms with E-state index in [2.05, 4.69) is 6.07 Å². The number of aliphatic hydroxyl groups is 1. The van der Waals surface area contributed by atoms with Gasteiger partial charge < -0.3 is 14.4 Å². The molecular weight excluding hydrogens is 308 g/mol. The van der Waals surface area contributed by atoms with Gasteiger partial charge in [-0.1, -0.05) is 18.3 Å². The topological polar surface area (TPSA) is 58.2 Å². The molecule has 2 aromatic rings. The minimum absolute atomic E-state index is 0.441. The highest BCUT2D eigenvalue weighted by Crippen LogP contribution is 2.48. The van der Waals surface area contributed by atoms with Crippen molar-refractivity contribution in [1.29, 1.82) is 5.26 Å². The number of pyridine rings is 1. The molecule has 23 heavy (non-hydrogen) atoms. The number of benzene rings is 1. The molecule has 4 nitrogen and oxygen atoms in total. The minimum atomic E-state index is -1.21. The van der Waals surface area contributed by atoms with Crippen molar-refractivity contribution in [3.8, 4) is 11.8 Å². The summed E-state index contributed by atoms with van der Waals surface area (Å²) in [7, 11) is 0. The van der Waals surface area contributed by atoms with Crippen LogP contribution in [0.3, 0.4) is 0 Å². The van der Waals surface area contributed by atoms with Gasteiger partial charge in [-0.2, -0.15) is 5.26 Å². The number of fused-ring (bicyclic) bond motifs is 1. The lowest BCUT2D eigenvalue weighted by molar-refractivity contribution is -0.139. The average molecular weight is 326 g/mol. The summed E-state index contributed by atoms with van der Waals surface area (Å²) in [5.74, 6) is 0.663. The van der Waals surface area contributed by atoms with Crippen LogP contribution in [0.1, 0.15) is 37.9 Å². The van der Waals surface area contributed by atoms with Gasteiger partial charge in [-0.25, -0.2) is 0 Å². The van der Waals surface area contributed by atoms with Gasteiger partial charge in [0.15, 0.2) is 0 Å². The second-order valence-electron chi connectivity index (χ2n) is 6.47. The van der Waals surface area contributed by atoms with Gasteiger partial charge in [0.1, 0.15) is 21.6 Å². The zero-order valence-electron chi connectivity index (χ0n) is 13.3. The second kappa shape index (κ2) is 5.19. The quantitative estimate of drug-likeness (QED) is 0.814. The van der Waals surface area contributed by atoms with Crippen LogP contribution in [0, 0.1) is 16.0 Å². The summed E-state index contributed by atoms with van der Waals surface area (Å²) in [6, 6.07) is 12.5. The molecule has 1 N–H and O–H groups in total. The van der Waals surface area contributed by atoms with Crippen LogP contribution in [0.5, 0.6) is 5.75 Å². The normalized spacial score (nSPS) is 25.1. The van der Waals surface area contributed by atoms with Crippen molar-refractivity contribution < 1.29 is 9.84 Å². The third-order valence-electron chi connectivity index (χ3n) is 4.68. The first-order chi connectivity index (χ1) is 10.8. The van der Waals surface area contributed by atoms with Crippen molar-refractivity contribution in [3.63, 3.8) is 0 Å². The van der Waals surface area contributed by atoms with Crippen LogP contribution in [-0.4, -0.2) is 20.9 Å². The van der Waals surface area contributed by atoms with Crippen LogP contribution in [0.4, 0.5) is 0 Å². The summed E-state index contributed by atoms with van der Waals surface area (Å²) in [5, 5.41) is 20.5. The van der Waals surface area contributed by atoms with E-state index in [0.29, 0.717) is 16.0 Å². The Bertz CT molecular complexity index is 862. The Morgan fingerprint density at radius 2 is 2.00 bits per heavy atom. The van der Waals surface area contributed by atoms with Crippen molar-refractivity contribution in [2.45, 2.75) is 38.0 Å². The third-order valence-corrected chi connectivity index (χ3v) is 5.03. The average Bonchev–Trinajstić information content (AvgIpc) is 2.49. The molecule has 1 aliphatic heterocycles. The SMILES string of the molecule is CC1(C)Oc2ccc(C#N)cc2C(n2ccccc2=S)C1(C)O. The molecule has 1 aromatic heterocycles. The minimum Gasteiger partial charge on any atom is -0.484 e. The van der Waals surface area contributed by atoms with Gasteiger partial charge in [0.05, 0.1) is 17.7 Å². The predicted molar refractivity (Wildman–Crippen MR) is 89.9 cm³/mol. The highest BCUT2D eigenvalue weighted by molar-refractivity contribution is 7.71. The van der Waals surface area contributed by atoms with Crippen molar-refractivity contribution in [2.75, 3.05) is 0 Å². The first-order valence-corrected chi connectivity index (χ1v) is 7.81.